The van der Waals surface area contributed by atoms with Crippen molar-refractivity contribution in [2.45, 2.75) is 13.8 Å². The van der Waals surface area contributed by atoms with Gasteiger partial charge in [-0.25, -0.2) is 9.18 Å². The highest BCUT2D eigenvalue weighted by atomic mass is 32.2. The number of halogens is 1. The van der Waals surface area contributed by atoms with E-state index in [2.05, 4.69) is 10.6 Å². The van der Waals surface area contributed by atoms with Gasteiger partial charge in [0.05, 0.1) is 34.2 Å². The molecule has 1 aromatic carbocycles. The van der Waals surface area contributed by atoms with Crippen LogP contribution in [0.3, 0.4) is 0 Å². The second-order valence-electron chi connectivity index (χ2n) is 6.36. The lowest BCUT2D eigenvalue weighted by Gasteiger charge is -2.34. The fraction of sp³-hybridized carbons (Fsp3) is 0.278. The Morgan fingerprint density at radius 1 is 1.32 bits per heavy atom. The number of imide groups is 1. The third-order valence-corrected chi connectivity index (χ3v) is 5.06. The third-order valence-electron chi connectivity index (χ3n) is 4.06. The quantitative estimate of drug-likeness (QED) is 0.708. The second kappa shape index (κ2) is 8.55. The van der Waals surface area contributed by atoms with Crippen molar-refractivity contribution >= 4 is 35.3 Å². The van der Waals surface area contributed by atoms with Crippen LogP contribution in [0.4, 0.5) is 14.9 Å². The van der Waals surface area contributed by atoms with E-state index in [9.17, 15) is 24.0 Å². The minimum absolute atomic E-state index is 0.0845. The number of nitrogens with zero attached hydrogens (tertiary/aromatic N) is 2. The Kier molecular flexibility index (Phi) is 6.39. The zero-order valence-electron chi connectivity index (χ0n) is 15.0. The number of nitrogens with one attached hydrogen (secondary N) is 3. The zero-order valence-corrected chi connectivity index (χ0v) is 15.8. The van der Waals surface area contributed by atoms with E-state index in [0.717, 1.165) is 17.8 Å². The summed E-state index contributed by atoms with van der Waals surface area (Å²) in [6.07, 6.45) is 0. The zero-order chi connectivity index (χ0) is 20.9. The Labute approximate surface area is 164 Å². The lowest BCUT2D eigenvalue weighted by molar-refractivity contribution is -0.125. The molecule has 0 spiro atoms. The van der Waals surface area contributed by atoms with Crippen LogP contribution >= 0.6 is 11.8 Å². The SMILES string of the molecule is CC1(C)C(C#N)=C(SCC(=O)NC(=O)Nc2ccccc2F)NC(=O)[C@H]1C#N. The predicted octanol–water partition coefficient (Wildman–Crippen LogP) is 2.24. The number of anilines is 1. The molecule has 8 nitrogen and oxygen atoms in total. The molecule has 1 aliphatic heterocycles. The maximum atomic E-state index is 13.5. The summed E-state index contributed by atoms with van der Waals surface area (Å²) in [6, 6.07) is 8.41. The Morgan fingerprint density at radius 2 is 2.00 bits per heavy atom. The average molecular weight is 401 g/mol. The van der Waals surface area contributed by atoms with Crippen LogP contribution in [0, 0.1) is 39.8 Å². The fourth-order valence-corrected chi connectivity index (χ4v) is 3.52. The first-order chi connectivity index (χ1) is 13.2. The van der Waals surface area contributed by atoms with E-state index in [4.69, 9.17) is 5.26 Å². The number of nitriles is 2. The van der Waals surface area contributed by atoms with Crippen LogP contribution in [0.5, 0.6) is 0 Å². The number of benzene rings is 1. The average Bonchev–Trinajstić information content (AvgIpc) is 2.61. The Bertz CT molecular complexity index is 945. The topological polar surface area (TPSA) is 135 Å². The lowest BCUT2D eigenvalue weighted by Crippen LogP contribution is -2.45. The Morgan fingerprint density at radius 3 is 2.61 bits per heavy atom. The molecule has 10 heteroatoms. The molecule has 3 N–H and O–H groups in total. The summed E-state index contributed by atoms with van der Waals surface area (Å²) in [6.45, 7) is 3.20. The lowest BCUT2D eigenvalue weighted by atomic mass is 9.72. The van der Waals surface area contributed by atoms with Crippen molar-refractivity contribution in [2.75, 3.05) is 11.1 Å². The van der Waals surface area contributed by atoms with E-state index in [-0.39, 0.29) is 22.0 Å². The number of hydrogen-bond acceptors (Lipinski definition) is 6. The molecule has 4 amide bonds. The summed E-state index contributed by atoms with van der Waals surface area (Å²) in [5.41, 5.74) is -0.932. The Hall–Kier alpha value is -3.37. The smallest absolute Gasteiger partial charge is 0.319 e. The molecular formula is C18H16FN5O3S. The highest BCUT2D eigenvalue weighted by molar-refractivity contribution is 8.03. The molecule has 144 valence electrons. The van der Waals surface area contributed by atoms with Crippen LogP contribution in [0.1, 0.15) is 13.8 Å². The molecule has 0 saturated carbocycles. The van der Waals surface area contributed by atoms with Crippen molar-refractivity contribution in [1.29, 1.82) is 10.5 Å². The number of rotatable bonds is 4. The summed E-state index contributed by atoms with van der Waals surface area (Å²) in [5.74, 6) is -3.24. The minimum atomic E-state index is -1.04. The first kappa shape index (κ1) is 20.9. The number of urea groups is 1. The molecule has 1 heterocycles. The van der Waals surface area contributed by atoms with Gasteiger partial charge >= 0.3 is 6.03 Å². The fourth-order valence-electron chi connectivity index (χ4n) is 2.55. The van der Waals surface area contributed by atoms with E-state index in [1.54, 1.807) is 13.8 Å². The summed E-state index contributed by atoms with van der Waals surface area (Å²) in [4.78, 5) is 35.8. The summed E-state index contributed by atoms with van der Waals surface area (Å²) in [5, 5.41) is 25.4. The normalized spacial score (nSPS) is 17.8. The molecule has 0 unspecified atom stereocenters. The molecular weight excluding hydrogens is 385 g/mol. The Balaban J connectivity index is 2.02. The monoisotopic (exact) mass is 401 g/mol. The van der Waals surface area contributed by atoms with Gasteiger partial charge in [-0.3, -0.25) is 14.9 Å². The molecule has 2 rings (SSSR count). The van der Waals surface area contributed by atoms with Gasteiger partial charge < -0.3 is 10.6 Å². The molecule has 0 aliphatic carbocycles. The van der Waals surface area contributed by atoms with Crippen molar-refractivity contribution in [3.05, 3.63) is 40.7 Å². The molecule has 0 radical (unpaired) electrons. The van der Waals surface area contributed by atoms with Crippen molar-refractivity contribution < 1.29 is 18.8 Å². The minimum Gasteiger partial charge on any atom is -0.319 e. The molecule has 0 saturated heterocycles. The van der Waals surface area contributed by atoms with Gasteiger partial charge in [-0.1, -0.05) is 37.7 Å². The highest BCUT2D eigenvalue weighted by Crippen LogP contribution is 2.41. The van der Waals surface area contributed by atoms with Gasteiger partial charge in [-0.05, 0) is 12.1 Å². The number of allylic oxidation sites excluding steroid dienone is 1. The summed E-state index contributed by atoms with van der Waals surface area (Å²) < 4.78 is 13.5. The van der Waals surface area contributed by atoms with Gasteiger partial charge in [0.1, 0.15) is 11.7 Å². The van der Waals surface area contributed by atoms with Crippen LogP contribution in [-0.2, 0) is 9.59 Å². The van der Waals surface area contributed by atoms with E-state index >= 15 is 0 Å². The first-order valence-electron chi connectivity index (χ1n) is 8.04. The van der Waals surface area contributed by atoms with Gasteiger partial charge in [0.2, 0.25) is 11.8 Å². The molecule has 28 heavy (non-hydrogen) atoms. The van der Waals surface area contributed by atoms with Crippen molar-refractivity contribution in [3.63, 3.8) is 0 Å². The second-order valence-corrected chi connectivity index (χ2v) is 7.35. The summed E-state index contributed by atoms with van der Waals surface area (Å²) >= 11 is 0.858. The maximum absolute atomic E-state index is 13.5. The molecule has 1 atom stereocenters. The van der Waals surface area contributed by atoms with Gasteiger partial charge in [-0.15, -0.1) is 0 Å². The number of hydrogen-bond donors (Lipinski definition) is 3. The van der Waals surface area contributed by atoms with Crippen LogP contribution in [-0.4, -0.2) is 23.6 Å². The van der Waals surface area contributed by atoms with E-state index in [1.807, 2.05) is 17.5 Å². The molecule has 1 aliphatic rings. The number of amides is 4. The maximum Gasteiger partial charge on any atom is 0.325 e. The van der Waals surface area contributed by atoms with Crippen molar-refractivity contribution in [2.24, 2.45) is 11.3 Å². The third kappa shape index (κ3) is 4.48. The van der Waals surface area contributed by atoms with Crippen molar-refractivity contribution in [1.82, 2.24) is 10.6 Å². The van der Waals surface area contributed by atoms with Gasteiger partial charge in [-0.2, -0.15) is 10.5 Å². The van der Waals surface area contributed by atoms with Crippen LogP contribution in [0.2, 0.25) is 0 Å². The van der Waals surface area contributed by atoms with E-state index in [0.29, 0.717) is 0 Å². The van der Waals surface area contributed by atoms with E-state index < -0.39 is 35.0 Å². The number of carbonyl (C=O) groups excluding carboxylic acids is 3. The molecule has 1 aromatic rings. The van der Waals surface area contributed by atoms with E-state index in [1.165, 1.54) is 18.2 Å². The highest BCUT2D eigenvalue weighted by Gasteiger charge is 2.44. The van der Waals surface area contributed by atoms with Crippen LogP contribution < -0.4 is 16.0 Å². The standard InChI is InChI=1S/C18H16FN5O3S/c1-18(2)10(7-20)15(26)24-16(11(18)8-21)28-9-14(25)23-17(27)22-13-6-4-3-5-12(13)19/h3-6,10H,9H2,1-2H3,(H,24,26)(H2,22,23,25,27)/t10-/m1/s1. The van der Waals surface area contributed by atoms with Gasteiger partial charge in [0.25, 0.3) is 0 Å². The number of para-hydroxylation sites is 1. The first-order valence-corrected chi connectivity index (χ1v) is 9.02. The number of carbonyl (C=O) groups is 3. The largest absolute Gasteiger partial charge is 0.325 e. The van der Waals surface area contributed by atoms with Gasteiger partial charge in [0.15, 0.2) is 0 Å². The van der Waals surface area contributed by atoms with Crippen molar-refractivity contribution in [3.8, 4) is 12.1 Å². The van der Waals surface area contributed by atoms with Crippen LogP contribution in [0.15, 0.2) is 34.9 Å². The molecule has 0 fully saturated rings. The van der Waals surface area contributed by atoms with Crippen LogP contribution in [0.25, 0.3) is 0 Å². The van der Waals surface area contributed by atoms with Gasteiger partial charge in [0, 0.05) is 5.41 Å². The number of thioether (sulfide) groups is 1. The predicted molar refractivity (Wildman–Crippen MR) is 99.7 cm³/mol. The molecule has 0 aromatic heterocycles. The summed E-state index contributed by atoms with van der Waals surface area (Å²) in [7, 11) is 0. The molecule has 0 bridgehead atoms.